The number of carboxylic acid groups (broad SMARTS) is 1. The van der Waals surface area contributed by atoms with Crippen molar-refractivity contribution in [3.05, 3.63) is 42.5 Å². The number of hydrogen-bond donors (Lipinski definition) is 2. The molecule has 1 aromatic carbocycles. The molecule has 0 bridgehead atoms. The van der Waals surface area contributed by atoms with Gasteiger partial charge in [0, 0.05) is 5.75 Å². The van der Waals surface area contributed by atoms with Gasteiger partial charge in [0.15, 0.2) is 12.6 Å². The second kappa shape index (κ2) is 6.56. The van der Waals surface area contributed by atoms with Gasteiger partial charge in [0.25, 0.3) is 5.91 Å². The maximum Gasteiger partial charge on any atom is 0.330 e. The average Bonchev–Trinajstić information content (AvgIpc) is 2.58. The molecule has 0 spiro atoms. The van der Waals surface area contributed by atoms with Crippen LogP contribution in [0.3, 0.4) is 0 Å². The number of ether oxygens (including phenoxy) is 1. The van der Waals surface area contributed by atoms with Crippen molar-refractivity contribution in [1.29, 1.82) is 0 Å². The number of carboxylic acids is 1. The number of β-lactam (4-membered cyclic amide) rings is 1. The van der Waals surface area contributed by atoms with Crippen molar-refractivity contribution in [3.63, 3.8) is 0 Å². The molecule has 126 valence electrons. The van der Waals surface area contributed by atoms with E-state index in [2.05, 4.69) is 11.9 Å². The molecule has 2 fully saturated rings. The summed E-state index contributed by atoms with van der Waals surface area (Å²) in [5.41, 5.74) is 0.481. The van der Waals surface area contributed by atoms with Gasteiger partial charge < -0.3 is 20.1 Å². The molecule has 0 saturated carbocycles. The van der Waals surface area contributed by atoms with Crippen LogP contribution in [0.2, 0.25) is 0 Å². The number of rotatable bonds is 5. The molecular formula is C16H16N2O5S. The van der Waals surface area contributed by atoms with Crippen LogP contribution in [-0.2, 0) is 14.4 Å². The standard InChI is InChI=1S/C16H16N2O5S/c1-9-8-24-15-12(14(20)18(15)13(9)16(21)22)17-11(19)7-23-10-5-3-2-4-6-10/h2-6,12-13,15H,1,7-8H2,(H,17,19)(H,21,22)/t12?,13?,15-/m1/s1. The zero-order chi connectivity index (χ0) is 17.3. The Morgan fingerprint density at radius 2 is 2.08 bits per heavy atom. The van der Waals surface area contributed by atoms with Gasteiger partial charge in [0.2, 0.25) is 5.91 Å². The maximum atomic E-state index is 12.2. The summed E-state index contributed by atoms with van der Waals surface area (Å²) in [7, 11) is 0. The first-order valence-corrected chi connectivity index (χ1v) is 8.35. The fourth-order valence-electron chi connectivity index (χ4n) is 2.71. The van der Waals surface area contributed by atoms with E-state index in [1.165, 1.54) is 16.7 Å². The highest BCUT2D eigenvalue weighted by atomic mass is 32.2. The van der Waals surface area contributed by atoms with Gasteiger partial charge in [0.05, 0.1) is 0 Å². The predicted molar refractivity (Wildman–Crippen MR) is 87.5 cm³/mol. The zero-order valence-corrected chi connectivity index (χ0v) is 13.5. The van der Waals surface area contributed by atoms with E-state index >= 15 is 0 Å². The Kier molecular flexibility index (Phi) is 4.48. The first kappa shape index (κ1) is 16.4. The fourth-order valence-corrected chi connectivity index (χ4v) is 4.02. The van der Waals surface area contributed by atoms with Crippen LogP contribution in [0.1, 0.15) is 0 Å². The summed E-state index contributed by atoms with van der Waals surface area (Å²) in [6.07, 6.45) is 0. The van der Waals surface area contributed by atoms with Crippen LogP contribution in [0, 0.1) is 0 Å². The highest BCUT2D eigenvalue weighted by molar-refractivity contribution is 8.00. The lowest BCUT2D eigenvalue weighted by Gasteiger charge is -2.52. The summed E-state index contributed by atoms with van der Waals surface area (Å²) >= 11 is 1.40. The molecule has 24 heavy (non-hydrogen) atoms. The number of nitrogens with one attached hydrogen (secondary N) is 1. The SMILES string of the molecule is C=C1CS[C@@H]2C(NC(=O)COc3ccccc3)C(=O)N2C1C(=O)O. The summed E-state index contributed by atoms with van der Waals surface area (Å²) in [5, 5.41) is 11.5. The highest BCUT2D eigenvalue weighted by Crippen LogP contribution is 2.39. The van der Waals surface area contributed by atoms with Crippen molar-refractivity contribution in [3.8, 4) is 5.75 Å². The number of para-hydroxylation sites is 1. The van der Waals surface area contributed by atoms with E-state index in [4.69, 9.17) is 4.74 Å². The summed E-state index contributed by atoms with van der Waals surface area (Å²) in [4.78, 5) is 36.8. The number of thioether (sulfide) groups is 1. The summed E-state index contributed by atoms with van der Waals surface area (Å²) < 4.78 is 5.33. The number of benzene rings is 1. The van der Waals surface area contributed by atoms with Crippen LogP contribution in [0.15, 0.2) is 42.5 Å². The lowest BCUT2D eigenvalue weighted by Crippen LogP contribution is -2.74. The summed E-state index contributed by atoms with van der Waals surface area (Å²) in [5.74, 6) is -0.931. The lowest BCUT2D eigenvalue weighted by atomic mass is 9.98. The molecule has 3 rings (SSSR count). The third kappa shape index (κ3) is 2.96. The molecule has 1 aromatic rings. The van der Waals surface area contributed by atoms with E-state index in [1.807, 2.05) is 6.07 Å². The predicted octanol–water partition coefficient (Wildman–Crippen LogP) is 0.475. The molecule has 2 aliphatic heterocycles. The van der Waals surface area contributed by atoms with Crippen molar-refractivity contribution in [1.82, 2.24) is 10.2 Å². The quantitative estimate of drug-likeness (QED) is 0.593. The summed E-state index contributed by atoms with van der Waals surface area (Å²) in [6.45, 7) is 3.51. The van der Waals surface area contributed by atoms with Crippen molar-refractivity contribution < 1.29 is 24.2 Å². The third-order valence-electron chi connectivity index (χ3n) is 3.85. The topological polar surface area (TPSA) is 95.9 Å². The molecule has 3 atom stereocenters. The molecular weight excluding hydrogens is 332 g/mol. The Morgan fingerprint density at radius 3 is 2.75 bits per heavy atom. The van der Waals surface area contributed by atoms with Gasteiger partial charge in [-0.05, 0) is 17.7 Å². The van der Waals surface area contributed by atoms with E-state index < -0.39 is 29.9 Å². The number of nitrogens with zero attached hydrogens (tertiary/aromatic N) is 1. The van der Waals surface area contributed by atoms with Crippen molar-refractivity contribution in [2.24, 2.45) is 0 Å². The third-order valence-corrected chi connectivity index (χ3v) is 5.23. The number of carbonyl (C=O) groups is 3. The average molecular weight is 348 g/mol. The first-order chi connectivity index (χ1) is 11.5. The largest absolute Gasteiger partial charge is 0.484 e. The number of amides is 2. The molecule has 2 saturated heterocycles. The van der Waals surface area contributed by atoms with Gasteiger partial charge in [-0.1, -0.05) is 24.8 Å². The fraction of sp³-hybridized carbons (Fsp3) is 0.312. The molecule has 2 unspecified atom stereocenters. The zero-order valence-electron chi connectivity index (χ0n) is 12.7. The van der Waals surface area contributed by atoms with E-state index in [0.717, 1.165) is 0 Å². The Hall–Kier alpha value is -2.48. The number of hydrogen-bond acceptors (Lipinski definition) is 5. The Balaban J connectivity index is 1.57. The van der Waals surface area contributed by atoms with E-state index in [9.17, 15) is 19.5 Å². The van der Waals surface area contributed by atoms with Crippen LogP contribution < -0.4 is 10.1 Å². The molecule has 2 amide bonds. The van der Waals surface area contributed by atoms with E-state index in [-0.39, 0.29) is 12.0 Å². The second-order valence-electron chi connectivity index (χ2n) is 5.49. The second-order valence-corrected chi connectivity index (χ2v) is 6.60. The monoisotopic (exact) mass is 348 g/mol. The van der Waals surface area contributed by atoms with Crippen molar-refractivity contribution >= 4 is 29.5 Å². The molecule has 0 radical (unpaired) electrons. The Labute approximate surface area is 142 Å². The van der Waals surface area contributed by atoms with Crippen LogP contribution in [-0.4, -0.2) is 57.6 Å². The van der Waals surface area contributed by atoms with E-state index in [1.54, 1.807) is 24.3 Å². The minimum atomic E-state index is -1.10. The number of aliphatic carboxylic acids is 1. The van der Waals surface area contributed by atoms with Crippen molar-refractivity contribution in [2.75, 3.05) is 12.4 Å². The number of carbonyl (C=O) groups excluding carboxylic acids is 2. The maximum absolute atomic E-state index is 12.2. The first-order valence-electron chi connectivity index (χ1n) is 7.30. The highest BCUT2D eigenvalue weighted by Gasteiger charge is 2.56. The smallest absolute Gasteiger partial charge is 0.330 e. The molecule has 7 nitrogen and oxygen atoms in total. The molecule has 8 heteroatoms. The summed E-state index contributed by atoms with van der Waals surface area (Å²) in [6, 6.07) is 7.12. The molecule has 0 aromatic heterocycles. The van der Waals surface area contributed by atoms with Gasteiger partial charge in [-0.2, -0.15) is 0 Å². The molecule has 2 N–H and O–H groups in total. The molecule has 2 heterocycles. The minimum Gasteiger partial charge on any atom is -0.484 e. The van der Waals surface area contributed by atoms with Gasteiger partial charge in [-0.3, -0.25) is 9.59 Å². The van der Waals surface area contributed by atoms with Gasteiger partial charge in [0.1, 0.15) is 17.2 Å². The molecule has 0 aliphatic carbocycles. The van der Waals surface area contributed by atoms with Crippen molar-refractivity contribution in [2.45, 2.75) is 17.5 Å². The normalized spacial score (nSPS) is 25.5. The Morgan fingerprint density at radius 1 is 1.38 bits per heavy atom. The minimum absolute atomic E-state index is 0.208. The van der Waals surface area contributed by atoms with Crippen LogP contribution in [0.4, 0.5) is 0 Å². The van der Waals surface area contributed by atoms with E-state index in [0.29, 0.717) is 17.1 Å². The van der Waals surface area contributed by atoms with Crippen LogP contribution in [0.25, 0.3) is 0 Å². The van der Waals surface area contributed by atoms with Crippen LogP contribution in [0.5, 0.6) is 5.75 Å². The van der Waals surface area contributed by atoms with Crippen LogP contribution >= 0.6 is 11.8 Å². The molecule has 2 aliphatic rings. The van der Waals surface area contributed by atoms with Gasteiger partial charge in [-0.25, -0.2) is 4.79 Å². The Bertz CT molecular complexity index is 693. The van der Waals surface area contributed by atoms with Gasteiger partial charge in [-0.15, -0.1) is 11.8 Å². The van der Waals surface area contributed by atoms with Gasteiger partial charge >= 0.3 is 5.97 Å². The number of fused-ring (bicyclic) bond motifs is 1. The lowest BCUT2D eigenvalue weighted by molar-refractivity contribution is -0.160.